The van der Waals surface area contributed by atoms with Crippen LogP contribution in [-0.4, -0.2) is 47.5 Å². The molecule has 2 aliphatic carbocycles. The van der Waals surface area contributed by atoms with E-state index in [9.17, 15) is 31.5 Å². The standard InChI is InChI=1S/C24H25F5N4O2/c1-32-10-14-8-23(14,12-32)31-17-7-18(34)33(24(5-6-24)22(28)29)11-16(17)21(35)30-9-13-3-2-4-15(19(13)25)20(26)27/h2-4,7,11,14,20,22,31H,5-6,8-10,12H2,1H3,(H,30,35). The summed E-state index contributed by atoms with van der Waals surface area (Å²) in [6, 6.07) is 4.67. The largest absolute Gasteiger partial charge is 0.377 e. The Hall–Kier alpha value is -2.95. The highest BCUT2D eigenvalue weighted by atomic mass is 19.3. The first kappa shape index (κ1) is 23.8. The maximum absolute atomic E-state index is 14.4. The van der Waals surface area contributed by atoms with E-state index < -0.39 is 41.2 Å². The van der Waals surface area contributed by atoms with Crippen molar-refractivity contribution in [2.45, 2.75) is 49.7 Å². The first-order valence-electron chi connectivity index (χ1n) is 11.4. The zero-order valence-electron chi connectivity index (χ0n) is 19.0. The van der Waals surface area contributed by atoms with Crippen molar-refractivity contribution in [3.05, 3.63) is 63.3 Å². The molecule has 2 saturated carbocycles. The number of likely N-dealkylation sites (N-methyl/N-ethyl adjacent to an activating group) is 1. The fraction of sp³-hybridized carbons (Fsp3) is 0.500. The predicted molar refractivity (Wildman–Crippen MR) is 118 cm³/mol. The molecule has 2 N–H and O–H groups in total. The minimum atomic E-state index is -3.01. The Morgan fingerprint density at radius 3 is 2.57 bits per heavy atom. The molecule has 1 saturated heterocycles. The Morgan fingerprint density at radius 2 is 1.97 bits per heavy atom. The van der Waals surface area contributed by atoms with Gasteiger partial charge >= 0.3 is 0 Å². The van der Waals surface area contributed by atoms with Gasteiger partial charge < -0.3 is 20.1 Å². The molecule has 0 bridgehead atoms. The van der Waals surface area contributed by atoms with Crippen molar-refractivity contribution in [3.8, 4) is 0 Å². The molecular formula is C24H25F5N4O2. The fourth-order valence-electron chi connectivity index (χ4n) is 5.23. The number of amides is 1. The van der Waals surface area contributed by atoms with Crippen LogP contribution < -0.4 is 16.2 Å². The number of anilines is 1. The van der Waals surface area contributed by atoms with E-state index >= 15 is 0 Å². The SMILES string of the molecule is CN1CC2CC2(Nc2cc(=O)n(C3(C(F)F)CC3)cc2C(=O)NCc2cccc(C(F)F)c2F)C1. The van der Waals surface area contributed by atoms with E-state index in [1.54, 1.807) is 0 Å². The zero-order chi connectivity index (χ0) is 25.1. The molecule has 0 spiro atoms. The van der Waals surface area contributed by atoms with Crippen LogP contribution in [0.15, 0.2) is 35.3 Å². The average Bonchev–Trinajstić information content (AvgIpc) is 3.69. The monoisotopic (exact) mass is 496 g/mol. The highest BCUT2D eigenvalue weighted by Crippen LogP contribution is 2.52. The van der Waals surface area contributed by atoms with Crippen molar-refractivity contribution in [2.75, 3.05) is 25.5 Å². The van der Waals surface area contributed by atoms with E-state index in [2.05, 4.69) is 15.5 Å². The Morgan fingerprint density at radius 1 is 1.23 bits per heavy atom. The zero-order valence-corrected chi connectivity index (χ0v) is 19.0. The average molecular weight is 496 g/mol. The van der Waals surface area contributed by atoms with E-state index in [0.717, 1.165) is 35.9 Å². The molecule has 188 valence electrons. The van der Waals surface area contributed by atoms with Crippen LogP contribution >= 0.6 is 0 Å². The number of rotatable bonds is 8. The molecule has 1 aliphatic heterocycles. The maximum Gasteiger partial charge on any atom is 0.266 e. The first-order chi connectivity index (χ1) is 16.6. The van der Waals surface area contributed by atoms with E-state index in [4.69, 9.17) is 0 Å². The van der Waals surface area contributed by atoms with Gasteiger partial charge in [-0.2, -0.15) is 0 Å². The van der Waals surface area contributed by atoms with Gasteiger partial charge in [0.1, 0.15) is 11.4 Å². The Balaban J connectivity index is 1.46. The summed E-state index contributed by atoms with van der Waals surface area (Å²) in [5.41, 5.74) is -3.31. The molecule has 6 nitrogen and oxygen atoms in total. The maximum atomic E-state index is 14.4. The van der Waals surface area contributed by atoms with Crippen LogP contribution in [0.3, 0.4) is 0 Å². The van der Waals surface area contributed by atoms with Crippen LogP contribution in [0.2, 0.25) is 0 Å². The number of alkyl halides is 4. The molecule has 1 aromatic carbocycles. The van der Waals surface area contributed by atoms with Crippen LogP contribution in [0.4, 0.5) is 27.6 Å². The van der Waals surface area contributed by atoms with Gasteiger partial charge in [-0.15, -0.1) is 0 Å². The molecule has 0 radical (unpaired) electrons. The topological polar surface area (TPSA) is 66.4 Å². The Labute approximate surface area is 198 Å². The van der Waals surface area contributed by atoms with E-state index in [1.165, 1.54) is 12.1 Å². The number of benzene rings is 1. The molecule has 11 heteroatoms. The number of aromatic nitrogens is 1. The lowest BCUT2D eigenvalue weighted by Crippen LogP contribution is -2.38. The second-order valence-corrected chi connectivity index (χ2v) is 9.90. The molecule has 35 heavy (non-hydrogen) atoms. The number of nitrogens with one attached hydrogen (secondary N) is 2. The van der Waals surface area contributed by atoms with E-state index in [1.807, 2.05) is 7.05 Å². The minimum Gasteiger partial charge on any atom is -0.377 e. The second kappa shape index (κ2) is 8.32. The number of carbonyl (C=O) groups is 1. The van der Waals surface area contributed by atoms with Gasteiger partial charge in [-0.1, -0.05) is 18.2 Å². The van der Waals surface area contributed by atoms with Gasteiger partial charge in [-0.3, -0.25) is 9.59 Å². The molecule has 2 heterocycles. The van der Waals surface area contributed by atoms with Crippen LogP contribution in [0.25, 0.3) is 0 Å². The third-order valence-corrected chi connectivity index (χ3v) is 7.43. The summed E-state index contributed by atoms with van der Waals surface area (Å²) in [6.45, 7) is 1.18. The van der Waals surface area contributed by atoms with Gasteiger partial charge in [0.25, 0.3) is 24.3 Å². The van der Waals surface area contributed by atoms with Crippen LogP contribution in [0.5, 0.6) is 0 Å². The molecule has 1 aromatic heterocycles. The third kappa shape index (κ3) is 4.09. The quantitative estimate of drug-likeness (QED) is 0.547. The number of hydrogen-bond donors (Lipinski definition) is 2. The number of nitrogens with zero attached hydrogens (tertiary/aromatic N) is 2. The van der Waals surface area contributed by atoms with Crippen molar-refractivity contribution in [1.29, 1.82) is 0 Å². The van der Waals surface area contributed by atoms with Gasteiger partial charge in [0.2, 0.25) is 0 Å². The van der Waals surface area contributed by atoms with Gasteiger partial charge in [0, 0.05) is 37.5 Å². The van der Waals surface area contributed by atoms with Crippen molar-refractivity contribution in [2.24, 2.45) is 5.92 Å². The summed E-state index contributed by atoms with van der Waals surface area (Å²) in [5.74, 6) is -1.50. The lowest BCUT2D eigenvalue weighted by Gasteiger charge is -2.24. The summed E-state index contributed by atoms with van der Waals surface area (Å²) < 4.78 is 68.9. The number of likely N-dealkylation sites (tertiary alicyclic amines) is 1. The third-order valence-electron chi connectivity index (χ3n) is 7.43. The number of halogens is 5. The molecule has 2 unspecified atom stereocenters. The number of carbonyl (C=O) groups excluding carboxylic acids is 1. The van der Waals surface area contributed by atoms with Gasteiger partial charge in [0.05, 0.1) is 22.4 Å². The molecule has 3 fully saturated rings. The Kier molecular flexibility index (Phi) is 5.65. The smallest absolute Gasteiger partial charge is 0.266 e. The summed E-state index contributed by atoms with van der Waals surface area (Å²) in [7, 11) is 1.96. The summed E-state index contributed by atoms with van der Waals surface area (Å²) in [5, 5.41) is 5.79. The molecule has 1 amide bonds. The molecule has 5 rings (SSSR count). The molecule has 2 atom stereocenters. The van der Waals surface area contributed by atoms with Crippen molar-refractivity contribution in [1.82, 2.24) is 14.8 Å². The summed E-state index contributed by atoms with van der Waals surface area (Å²) in [4.78, 5) is 28.1. The highest BCUT2D eigenvalue weighted by Gasteiger charge is 2.59. The number of hydrogen-bond acceptors (Lipinski definition) is 4. The second-order valence-electron chi connectivity index (χ2n) is 9.90. The Bertz CT molecular complexity index is 1230. The van der Waals surface area contributed by atoms with Gasteiger partial charge in [-0.05, 0) is 32.2 Å². The van der Waals surface area contributed by atoms with E-state index in [0.29, 0.717) is 12.5 Å². The number of pyridine rings is 1. The van der Waals surface area contributed by atoms with Gasteiger partial charge in [0.15, 0.2) is 0 Å². The minimum absolute atomic E-state index is 0.0310. The number of fused-ring (bicyclic) bond motifs is 1. The summed E-state index contributed by atoms with van der Waals surface area (Å²) >= 11 is 0. The van der Waals surface area contributed by atoms with Crippen LogP contribution in [-0.2, 0) is 12.1 Å². The molecule has 3 aliphatic rings. The van der Waals surface area contributed by atoms with Crippen molar-refractivity contribution >= 4 is 11.6 Å². The van der Waals surface area contributed by atoms with Crippen LogP contribution in [0.1, 0.15) is 47.2 Å². The van der Waals surface area contributed by atoms with Gasteiger partial charge in [-0.25, -0.2) is 22.0 Å². The fourth-order valence-corrected chi connectivity index (χ4v) is 5.23. The van der Waals surface area contributed by atoms with Crippen molar-refractivity contribution < 1.29 is 26.7 Å². The number of piperidine rings is 1. The highest BCUT2D eigenvalue weighted by molar-refractivity contribution is 5.99. The first-order valence-corrected chi connectivity index (χ1v) is 11.4. The molecule has 2 aromatic rings. The predicted octanol–water partition coefficient (Wildman–Crippen LogP) is 3.73. The molecular weight excluding hydrogens is 471 g/mol. The van der Waals surface area contributed by atoms with Crippen molar-refractivity contribution in [3.63, 3.8) is 0 Å². The lowest BCUT2D eigenvalue weighted by molar-refractivity contribution is 0.0648. The lowest BCUT2D eigenvalue weighted by atomic mass is 10.1. The summed E-state index contributed by atoms with van der Waals surface area (Å²) in [6.07, 6.45) is -3.58. The van der Waals surface area contributed by atoms with E-state index in [-0.39, 0.29) is 41.7 Å². The normalized spacial score (nSPS) is 24.5. The van der Waals surface area contributed by atoms with Crippen LogP contribution in [0, 0.1) is 11.7 Å².